The molecular formula is C20H17N5O4S. The van der Waals surface area contributed by atoms with Crippen LogP contribution >= 0.6 is 0 Å². The van der Waals surface area contributed by atoms with E-state index in [1.54, 1.807) is 24.3 Å². The number of hydrogen-bond acceptors (Lipinski definition) is 5. The molecule has 9 nitrogen and oxygen atoms in total. The third kappa shape index (κ3) is 4.08. The summed E-state index contributed by atoms with van der Waals surface area (Å²) in [5, 5.41) is 4.47. The van der Waals surface area contributed by atoms with E-state index in [1.807, 2.05) is 41.4 Å². The lowest BCUT2D eigenvalue weighted by atomic mass is 10.2. The van der Waals surface area contributed by atoms with E-state index in [4.69, 9.17) is 0 Å². The van der Waals surface area contributed by atoms with Gasteiger partial charge in [-0.1, -0.05) is 60.7 Å². The molecule has 0 aliphatic heterocycles. The summed E-state index contributed by atoms with van der Waals surface area (Å²) in [6.45, 7) is 0.370. The van der Waals surface area contributed by atoms with Crippen molar-refractivity contribution in [3.05, 3.63) is 99.5 Å². The molecule has 0 unspecified atom stereocenters. The number of sulfonamides is 1. The predicted molar refractivity (Wildman–Crippen MR) is 112 cm³/mol. The maximum absolute atomic E-state index is 13.1. The van der Waals surface area contributed by atoms with Gasteiger partial charge in [-0.25, -0.2) is 13.2 Å². The van der Waals surface area contributed by atoms with Gasteiger partial charge in [0.15, 0.2) is 0 Å². The molecule has 3 N–H and O–H groups in total. The van der Waals surface area contributed by atoms with Crippen LogP contribution < -0.4 is 16.0 Å². The zero-order chi connectivity index (χ0) is 21.1. The first kappa shape index (κ1) is 19.4. The Labute approximate surface area is 171 Å². The van der Waals surface area contributed by atoms with Gasteiger partial charge in [0.05, 0.1) is 6.54 Å². The summed E-state index contributed by atoms with van der Waals surface area (Å²) >= 11 is 0. The molecule has 10 heteroatoms. The Morgan fingerprint density at radius 2 is 1.63 bits per heavy atom. The highest BCUT2D eigenvalue weighted by Gasteiger charge is 2.25. The minimum Gasteiger partial charge on any atom is -0.312 e. The summed E-state index contributed by atoms with van der Waals surface area (Å²) in [6, 6.07) is 18.4. The van der Waals surface area contributed by atoms with E-state index in [1.165, 1.54) is 10.9 Å². The van der Waals surface area contributed by atoms with Crippen LogP contribution in [0.2, 0.25) is 0 Å². The fraction of sp³-hybridized carbons (Fsp3) is 0.0500. The van der Waals surface area contributed by atoms with Crippen molar-refractivity contribution in [2.24, 2.45) is 0 Å². The molecule has 0 aliphatic rings. The Morgan fingerprint density at radius 3 is 2.30 bits per heavy atom. The van der Waals surface area contributed by atoms with E-state index < -0.39 is 21.3 Å². The summed E-state index contributed by atoms with van der Waals surface area (Å²) in [7, 11) is -4.17. The van der Waals surface area contributed by atoms with Crippen molar-refractivity contribution in [3.8, 4) is 11.3 Å². The van der Waals surface area contributed by atoms with Gasteiger partial charge in [0.1, 0.15) is 16.3 Å². The summed E-state index contributed by atoms with van der Waals surface area (Å²) in [6.07, 6.45) is 2.42. The van der Waals surface area contributed by atoms with E-state index in [2.05, 4.69) is 14.8 Å². The smallest absolute Gasteiger partial charge is 0.312 e. The minimum absolute atomic E-state index is 0.0877. The molecule has 0 amide bonds. The Morgan fingerprint density at radius 1 is 0.967 bits per heavy atom. The fourth-order valence-electron chi connectivity index (χ4n) is 2.93. The molecule has 0 spiro atoms. The number of hydrogen-bond donors (Lipinski definition) is 3. The first-order valence-electron chi connectivity index (χ1n) is 8.94. The number of aromatic nitrogens is 4. The molecule has 0 saturated heterocycles. The molecule has 30 heavy (non-hydrogen) atoms. The molecular weight excluding hydrogens is 406 g/mol. The number of rotatable bonds is 6. The van der Waals surface area contributed by atoms with Crippen molar-refractivity contribution in [2.75, 3.05) is 4.72 Å². The van der Waals surface area contributed by atoms with Crippen LogP contribution in [0, 0.1) is 0 Å². The largest absolute Gasteiger partial charge is 0.325 e. The van der Waals surface area contributed by atoms with Crippen molar-refractivity contribution in [1.82, 2.24) is 19.7 Å². The second-order valence-electron chi connectivity index (χ2n) is 6.48. The van der Waals surface area contributed by atoms with Gasteiger partial charge in [-0.15, -0.1) is 0 Å². The van der Waals surface area contributed by atoms with E-state index >= 15 is 0 Å². The van der Waals surface area contributed by atoms with E-state index in [0.717, 1.165) is 11.8 Å². The molecule has 0 atom stereocenters. The molecule has 2 aromatic heterocycles. The summed E-state index contributed by atoms with van der Waals surface area (Å²) in [5.41, 5.74) is -0.0677. The molecule has 0 radical (unpaired) electrons. The monoisotopic (exact) mass is 423 g/mol. The number of nitrogens with one attached hydrogen (secondary N) is 3. The lowest BCUT2D eigenvalue weighted by molar-refractivity contribution is 0.600. The topological polar surface area (TPSA) is 130 Å². The van der Waals surface area contributed by atoms with Crippen molar-refractivity contribution in [2.45, 2.75) is 11.4 Å². The summed E-state index contributed by atoms with van der Waals surface area (Å²) in [4.78, 5) is 27.3. The maximum atomic E-state index is 13.1. The lowest BCUT2D eigenvalue weighted by Gasteiger charge is -2.07. The van der Waals surface area contributed by atoms with Gasteiger partial charge in [0, 0.05) is 18.0 Å². The van der Waals surface area contributed by atoms with Gasteiger partial charge in [-0.05, 0) is 5.56 Å². The molecule has 4 aromatic rings. The molecule has 0 saturated carbocycles. The third-order valence-corrected chi connectivity index (χ3v) is 5.68. The van der Waals surface area contributed by atoms with Gasteiger partial charge < -0.3 is 4.98 Å². The van der Waals surface area contributed by atoms with Gasteiger partial charge in [0.25, 0.3) is 15.6 Å². The number of H-pyrrole nitrogens is 2. The van der Waals surface area contributed by atoms with Crippen molar-refractivity contribution in [1.29, 1.82) is 0 Å². The SMILES string of the molecule is O=c1[nH]cc(NS(=O)(=O)c2cn(Cc3ccccc3)nc2-c2ccccc2)c(=O)[nH]1. The second-order valence-corrected chi connectivity index (χ2v) is 8.13. The molecule has 0 fully saturated rings. The van der Waals surface area contributed by atoms with Crippen LogP contribution in [0.15, 0.2) is 87.5 Å². The van der Waals surface area contributed by atoms with Gasteiger partial charge in [0.2, 0.25) is 0 Å². The quantitative estimate of drug-likeness (QED) is 0.435. The second kappa shape index (κ2) is 7.84. The number of nitrogens with zero attached hydrogens (tertiary/aromatic N) is 2. The maximum Gasteiger partial charge on any atom is 0.325 e. The average Bonchev–Trinajstić information content (AvgIpc) is 3.16. The van der Waals surface area contributed by atoms with Crippen molar-refractivity contribution in [3.63, 3.8) is 0 Å². The Balaban J connectivity index is 1.78. The fourth-order valence-corrected chi connectivity index (χ4v) is 4.16. The Bertz CT molecular complexity index is 1390. The van der Waals surface area contributed by atoms with Gasteiger partial charge in [-0.2, -0.15) is 5.10 Å². The molecule has 0 bridgehead atoms. The average molecular weight is 423 g/mol. The molecule has 0 aliphatic carbocycles. The van der Waals surface area contributed by atoms with Gasteiger partial charge >= 0.3 is 5.69 Å². The van der Waals surface area contributed by atoms with Crippen molar-refractivity contribution < 1.29 is 8.42 Å². The van der Waals surface area contributed by atoms with E-state index in [0.29, 0.717) is 12.1 Å². The Hall–Kier alpha value is -3.92. The minimum atomic E-state index is -4.17. The van der Waals surface area contributed by atoms with E-state index in [9.17, 15) is 18.0 Å². The zero-order valence-corrected chi connectivity index (χ0v) is 16.4. The van der Waals surface area contributed by atoms with E-state index in [-0.39, 0.29) is 16.3 Å². The molecule has 152 valence electrons. The van der Waals surface area contributed by atoms with Crippen LogP contribution in [-0.2, 0) is 16.6 Å². The van der Waals surface area contributed by atoms with Crippen LogP contribution in [-0.4, -0.2) is 28.2 Å². The van der Waals surface area contributed by atoms with Crippen LogP contribution in [0.4, 0.5) is 5.69 Å². The summed E-state index contributed by atoms with van der Waals surface area (Å²) < 4.78 is 29.9. The lowest BCUT2D eigenvalue weighted by Crippen LogP contribution is -2.26. The number of aromatic amines is 2. The van der Waals surface area contributed by atoms with Crippen LogP contribution in [0.25, 0.3) is 11.3 Å². The molecule has 2 heterocycles. The predicted octanol–water partition coefficient (Wildman–Crippen LogP) is 1.78. The highest BCUT2D eigenvalue weighted by molar-refractivity contribution is 7.92. The third-order valence-electron chi connectivity index (χ3n) is 4.32. The normalized spacial score (nSPS) is 11.3. The first-order valence-corrected chi connectivity index (χ1v) is 10.4. The summed E-state index contributed by atoms with van der Waals surface area (Å²) in [5.74, 6) is 0. The number of benzene rings is 2. The van der Waals surface area contributed by atoms with Crippen LogP contribution in [0.1, 0.15) is 5.56 Å². The highest BCUT2D eigenvalue weighted by atomic mass is 32.2. The first-order chi connectivity index (χ1) is 14.4. The molecule has 4 rings (SSSR count). The highest BCUT2D eigenvalue weighted by Crippen LogP contribution is 2.27. The molecule has 2 aromatic carbocycles. The zero-order valence-electron chi connectivity index (χ0n) is 15.6. The standard InChI is InChI=1S/C20H17N5O4S/c26-19-16(11-21-20(27)22-19)24-30(28,29)17-13-25(12-14-7-3-1-4-8-14)23-18(17)15-9-5-2-6-10-15/h1-11,13,24H,12H2,(H2,21,22,26,27). The van der Waals surface area contributed by atoms with Crippen LogP contribution in [0.3, 0.4) is 0 Å². The Kier molecular flexibility index (Phi) is 5.07. The number of anilines is 1. The van der Waals surface area contributed by atoms with Crippen molar-refractivity contribution >= 4 is 15.7 Å². The van der Waals surface area contributed by atoms with Crippen LogP contribution in [0.5, 0.6) is 0 Å². The van der Waals surface area contributed by atoms with Gasteiger partial charge in [-0.3, -0.25) is 19.2 Å².